The molecule has 1 aromatic carbocycles. The number of aliphatic hydroxyl groups excluding tert-OH is 1. The number of nitrogens with zero attached hydrogens (tertiary/aromatic N) is 2. The van der Waals surface area contributed by atoms with Gasteiger partial charge in [0, 0.05) is 15.8 Å². The van der Waals surface area contributed by atoms with Crippen LogP contribution in [0.3, 0.4) is 0 Å². The number of benzene rings is 1. The van der Waals surface area contributed by atoms with Crippen LogP contribution in [0.15, 0.2) is 39.5 Å². The summed E-state index contributed by atoms with van der Waals surface area (Å²) in [5, 5.41) is 29.6. The molecule has 0 amide bonds. The summed E-state index contributed by atoms with van der Waals surface area (Å²) in [6.45, 7) is 3.18. The fourth-order valence-electron chi connectivity index (χ4n) is 2.75. The number of hydrogen-bond donors (Lipinski definition) is 2. The number of hydrogen-bond acceptors (Lipinski definition) is 5. The first-order valence-electron chi connectivity index (χ1n) is 8.10. The third-order valence-corrected chi connectivity index (χ3v) is 4.69. The Balaban J connectivity index is 2.21. The van der Waals surface area contributed by atoms with E-state index in [1.54, 1.807) is 30.3 Å². The van der Waals surface area contributed by atoms with E-state index in [0.29, 0.717) is 27.1 Å². The van der Waals surface area contributed by atoms with E-state index in [1.165, 1.54) is 6.08 Å². The molecule has 8 heteroatoms. The Kier molecular flexibility index (Phi) is 5.61. The van der Waals surface area contributed by atoms with E-state index in [4.69, 9.17) is 32.7 Å². The van der Waals surface area contributed by atoms with Gasteiger partial charge in [0.2, 0.25) is 5.88 Å². The predicted molar refractivity (Wildman–Crippen MR) is 107 cm³/mol. The Morgan fingerprint density at radius 1 is 1.29 bits per heavy atom. The Bertz CT molecular complexity index is 1270. The summed E-state index contributed by atoms with van der Waals surface area (Å²) in [7, 11) is 0. The molecule has 3 aromatic rings. The van der Waals surface area contributed by atoms with Crippen LogP contribution in [0.4, 0.5) is 0 Å². The molecule has 0 unspecified atom stereocenters. The highest BCUT2D eigenvalue weighted by molar-refractivity contribution is 6.35. The molecule has 0 saturated carbocycles. The second kappa shape index (κ2) is 7.95. The van der Waals surface area contributed by atoms with E-state index in [1.807, 2.05) is 6.07 Å². The van der Waals surface area contributed by atoms with Gasteiger partial charge in [-0.05, 0) is 36.4 Å². The van der Waals surface area contributed by atoms with Crippen molar-refractivity contribution in [2.24, 2.45) is 0 Å². The topological polar surface area (TPSA) is 99.4 Å². The molecule has 28 heavy (non-hydrogen) atoms. The second-order valence-corrected chi connectivity index (χ2v) is 6.70. The quantitative estimate of drug-likeness (QED) is 0.679. The van der Waals surface area contributed by atoms with E-state index < -0.39 is 11.4 Å². The number of nitriles is 1. The van der Waals surface area contributed by atoms with Gasteiger partial charge in [0.15, 0.2) is 0 Å². The van der Waals surface area contributed by atoms with Crippen LogP contribution >= 0.6 is 23.2 Å². The summed E-state index contributed by atoms with van der Waals surface area (Å²) in [6, 6.07) is 10.1. The summed E-state index contributed by atoms with van der Waals surface area (Å²) in [5.41, 5.74) is -0.164. The molecule has 0 aliphatic heterocycles. The molecule has 142 valence electrons. The molecule has 0 bridgehead atoms. The molecule has 0 atom stereocenters. The Morgan fingerprint density at radius 3 is 2.71 bits per heavy atom. The van der Waals surface area contributed by atoms with Crippen molar-refractivity contribution < 1.29 is 14.6 Å². The van der Waals surface area contributed by atoms with E-state index in [0.717, 1.165) is 4.57 Å². The number of aliphatic hydroxyl groups is 1. The van der Waals surface area contributed by atoms with Gasteiger partial charge < -0.3 is 14.6 Å². The van der Waals surface area contributed by atoms with Crippen LogP contribution in [0.1, 0.15) is 11.3 Å². The number of aromatic hydroxyl groups is 1. The molecular formula is C20H14Cl2N2O4. The fraction of sp³-hybridized carbons (Fsp3) is 0.100. The molecule has 0 radical (unpaired) electrons. The van der Waals surface area contributed by atoms with Crippen LogP contribution in [-0.4, -0.2) is 21.4 Å². The largest absolute Gasteiger partial charge is 0.493 e. The highest BCUT2D eigenvalue weighted by Gasteiger charge is 2.14. The lowest BCUT2D eigenvalue weighted by Crippen LogP contribution is -2.46. The van der Waals surface area contributed by atoms with Crippen molar-refractivity contribution in [2.45, 2.75) is 6.54 Å². The van der Waals surface area contributed by atoms with Gasteiger partial charge in [-0.3, -0.25) is 9.36 Å². The molecule has 0 fully saturated rings. The smallest absolute Gasteiger partial charge is 0.261 e. The summed E-state index contributed by atoms with van der Waals surface area (Å²) >= 11 is 12.2. The first-order valence-corrected chi connectivity index (χ1v) is 8.85. The zero-order valence-electron chi connectivity index (χ0n) is 14.4. The second-order valence-electron chi connectivity index (χ2n) is 5.85. The highest BCUT2D eigenvalue weighted by Crippen LogP contribution is 2.31. The number of furan rings is 1. The molecule has 6 nitrogen and oxygen atoms in total. The molecule has 0 saturated heterocycles. The standard InChI is InChI=1S/C20H14Cl2N2O4/c1-11-14(19(26)24(6-7-25)20(27)16(11)10-23)9-13-3-5-18(28-13)15-8-12(21)2-4-17(15)22/h2-5,8-9,25,27H,1,6-7H2/b14-9-. The normalized spacial score (nSPS) is 11.6. The average Bonchev–Trinajstić information content (AvgIpc) is 3.13. The molecule has 2 aromatic heterocycles. The van der Waals surface area contributed by atoms with Gasteiger partial charge in [-0.15, -0.1) is 0 Å². The Labute approximate surface area is 169 Å². The minimum absolute atomic E-state index is 0.0675. The van der Waals surface area contributed by atoms with Crippen molar-refractivity contribution in [3.8, 4) is 23.3 Å². The van der Waals surface area contributed by atoms with Crippen LogP contribution in [0.5, 0.6) is 5.88 Å². The summed E-state index contributed by atoms with van der Waals surface area (Å²) < 4.78 is 6.67. The average molecular weight is 417 g/mol. The molecule has 0 aliphatic carbocycles. The molecule has 0 spiro atoms. The Morgan fingerprint density at radius 2 is 2.04 bits per heavy atom. The van der Waals surface area contributed by atoms with Crippen molar-refractivity contribution in [1.29, 1.82) is 5.26 Å². The lowest BCUT2D eigenvalue weighted by atomic mass is 10.1. The van der Waals surface area contributed by atoms with E-state index in [-0.39, 0.29) is 29.2 Å². The van der Waals surface area contributed by atoms with Gasteiger partial charge in [0.25, 0.3) is 5.56 Å². The minimum atomic E-state index is -0.603. The van der Waals surface area contributed by atoms with Crippen LogP contribution in [-0.2, 0) is 6.54 Å². The van der Waals surface area contributed by atoms with Gasteiger partial charge in [-0.25, -0.2) is 0 Å². The lowest BCUT2D eigenvalue weighted by molar-refractivity contribution is 0.263. The molecular weight excluding hydrogens is 403 g/mol. The zero-order valence-corrected chi connectivity index (χ0v) is 16.0. The van der Waals surface area contributed by atoms with Crippen molar-refractivity contribution >= 4 is 35.9 Å². The number of aromatic nitrogens is 1. The lowest BCUT2D eigenvalue weighted by Gasteiger charge is -2.08. The summed E-state index contributed by atoms with van der Waals surface area (Å²) in [6.07, 6.45) is 1.42. The maximum Gasteiger partial charge on any atom is 0.261 e. The Hall–Kier alpha value is -2.98. The van der Waals surface area contributed by atoms with Gasteiger partial charge in [0.05, 0.1) is 23.4 Å². The monoisotopic (exact) mass is 416 g/mol. The number of halogens is 2. The molecule has 0 aliphatic rings. The molecule has 2 heterocycles. The highest BCUT2D eigenvalue weighted by atomic mass is 35.5. The third kappa shape index (κ3) is 3.56. The van der Waals surface area contributed by atoms with Crippen molar-refractivity contribution in [3.05, 3.63) is 72.5 Å². The van der Waals surface area contributed by atoms with Crippen LogP contribution < -0.4 is 16.0 Å². The van der Waals surface area contributed by atoms with Gasteiger partial charge >= 0.3 is 0 Å². The maximum atomic E-state index is 12.7. The number of rotatable bonds is 4. The van der Waals surface area contributed by atoms with Crippen molar-refractivity contribution in [3.63, 3.8) is 0 Å². The van der Waals surface area contributed by atoms with Gasteiger partial charge in [-0.2, -0.15) is 5.26 Å². The van der Waals surface area contributed by atoms with Crippen LogP contribution in [0, 0.1) is 11.3 Å². The van der Waals surface area contributed by atoms with Crippen LogP contribution in [0.25, 0.3) is 24.0 Å². The van der Waals surface area contributed by atoms with Crippen molar-refractivity contribution in [1.82, 2.24) is 4.57 Å². The predicted octanol–water partition coefficient (Wildman–Crippen LogP) is 2.22. The molecule has 2 N–H and O–H groups in total. The summed E-state index contributed by atoms with van der Waals surface area (Å²) in [5.74, 6) is 0.229. The summed E-state index contributed by atoms with van der Waals surface area (Å²) in [4.78, 5) is 12.7. The van der Waals surface area contributed by atoms with Crippen molar-refractivity contribution in [2.75, 3.05) is 6.61 Å². The van der Waals surface area contributed by atoms with E-state index >= 15 is 0 Å². The fourth-order valence-corrected chi connectivity index (χ4v) is 3.14. The molecule has 3 rings (SSSR count). The van der Waals surface area contributed by atoms with Gasteiger partial charge in [-0.1, -0.05) is 29.8 Å². The van der Waals surface area contributed by atoms with Gasteiger partial charge in [0.1, 0.15) is 23.2 Å². The maximum absolute atomic E-state index is 12.7. The minimum Gasteiger partial charge on any atom is -0.493 e. The van der Waals surface area contributed by atoms with E-state index in [9.17, 15) is 15.2 Å². The van der Waals surface area contributed by atoms with E-state index in [2.05, 4.69) is 6.58 Å². The first-order chi connectivity index (χ1) is 13.4. The third-order valence-electron chi connectivity index (χ3n) is 4.12. The number of pyridine rings is 1. The zero-order chi connectivity index (χ0) is 20.4. The van der Waals surface area contributed by atoms with Crippen LogP contribution in [0.2, 0.25) is 10.0 Å². The first kappa shape index (κ1) is 19.8. The SMILES string of the molecule is C=c1c(C#N)c(O)n(CCO)c(=O)/c1=C\c1ccc(-c2cc(Cl)ccc2Cl)o1.